The van der Waals surface area contributed by atoms with Crippen LogP contribution in [0.15, 0.2) is 0 Å². The summed E-state index contributed by atoms with van der Waals surface area (Å²) in [4.78, 5) is 13.5. The fourth-order valence-corrected chi connectivity index (χ4v) is 1.71. The van der Waals surface area contributed by atoms with Gasteiger partial charge in [-0.15, -0.1) is 5.10 Å². The van der Waals surface area contributed by atoms with Crippen LogP contribution in [0.5, 0.6) is 0 Å². The molecule has 0 atom stereocenters. The van der Waals surface area contributed by atoms with Crippen LogP contribution in [0.25, 0.3) is 0 Å². The number of nitrogens with zero attached hydrogens (tertiary/aromatic N) is 5. The highest BCUT2D eigenvalue weighted by Crippen LogP contribution is 2.17. The highest BCUT2D eigenvalue weighted by atomic mass is 16.6. The summed E-state index contributed by atoms with van der Waals surface area (Å²) in [5, 5.41) is 16.5. The van der Waals surface area contributed by atoms with Crippen LogP contribution in [-0.2, 0) is 17.8 Å². The SMILES string of the molecule is CC(C)(C)OC(=O)N1CCn2nnc(C#N)c2C1. The van der Waals surface area contributed by atoms with Crippen LogP contribution in [0, 0.1) is 11.3 Å². The molecule has 1 aromatic heterocycles. The second-order valence-corrected chi connectivity index (χ2v) is 5.12. The first-order valence-electron chi connectivity index (χ1n) is 5.71. The van der Waals surface area contributed by atoms with Gasteiger partial charge >= 0.3 is 6.09 Å². The van der Waals surface area contributed by atoms with Crippen molar-refractivity contribution in [1.82, 2.24) is 19.9 Å². The van der Waals surface area contributed by atoms with Crippen molar-refractivity contribution >= 4 is 6.09 Å². The van der Waals surface area contributed by atoms with Crippen molar-refractivity contribution in [1.29, 1.82) is 5.26 Å². The lowest BCUT2D eigenvalue weighted by Gasteiger charge is -2.30. The van der Waals surface area contributed by atoms with Gasteiger partial charge in [0.25, 0.3) is 0 Å². The third-order valence-corrected chi connectivity index (χ3v) is 2.52. The molecule has 1 amide bonds. The van der Waals surface area contributed by atoms with E-state index in [1.807, 2.05) is 26.8 Å². The first-order chi connectivity index (χ1) is 8.40. The van der Waals surface area contributed by atoms with Crippen molar-refractivity contribution in [2.24, 2.45) is 0 Å². The Labute approximate surface area is 105 Å². The summed E-state index contributed by atoms with van der Waals surface area (Å²) in [6.07, 6.45) is -0.376. The maximum Gasteiger partial charge on any atom is 0.410 e. The van der Waals surface area contributed by atoms with E-state index in [0.717, 1.165) is 0 Å². The molecule has 0 unspecified atom stereocenters. The zero-order valence-electron chi connectivity index (χ0n) is 10.7. The predicted octanol–water partition coefficient (Wildman–Crippen LogP) is 0.900. The Balaban J connectivity index is 2.12. The Morgan fingerprint density at radius 3 is 2.78 bits per heavy atom. The van der Waals surface area contributed by atoms with Gasteiger partial charge in [0, 0.05) is 6.54 Å². The van der Waals surface area contributed by atoms with E-state index in [2.05, 4.69) is 10.3 Å². The summed E-state index contributed by atoms with van der Waals surface area (Å²) in [5.41, 5.74) is 0.406. The number of rotatable bonds is 0. The molecule has 0 saturated carbocycles. The second-order valence-electron chi connectivity index (χ2n) is 5.12. The Morgan fingerprint density at radius 1 is 1.44 bits per heavy atom. The average molecular weight is 249 g/mol. The largest absolute Gasteiger partial charge is 0.444 e. The molecule has 7 nitrogen and oxygen atoms in total. The predicted molar refractivity (Wildman–Crippen MR) is 61.4 cm³/mol. The van der Waals surface area contributed by atoms with Crippen molar-refractivity contribution in [2.75, 3.05) is 6.54 Å². The molecular weight excluding hydrogens is 234 g/mol. The number of nitriles is 1. The van der Waals surface area contributed by atoms with Crippen molar-refractivity contribution in [3.63, 3.8) is 0 Å². The fraction of sp³-hybridized carbons (Fsp3) is 0.636. The van der Waals surface area contributed by atoms with E-state index < -0.39 is 5.60 Å². The zero-order valence-corrected chi connectivity index (χ0v) is 10.7. The normalized spacial score (nSPS) is 14.9. The summed E-state index contributed by atoms with van der Waals surface area (Å²) >= 11 is 0. The summed E-state index contributed by atoms with van der Waals surface area (Å²) in [6, 6.07) is 1.97. The number of carbonyl (C=O) groups is 1. The second kappa shape index (κ2) is 4.29. The average Bonchev–Trinajstić information content (AvgIpc) is 2.68. The summed E-state index contributed by atoms with van der Waals surface area (Å²) in [5.74, 6) is 0. The smallest absolute Gasteiger partial charge is 0.410 e. The molecule has 1 aromatic rings. The molecule has 7 heteroatoms. The first kappa shape index (κ1) is 12.4. The maximum absolute atomic E-state index is 11.9. The van der Waals surface area contributed by atoms with Crippen molar-refractivity contribution in [3.8, 4) is 6.07 Å². The van der Waals surface area contributed by atoms with Gasteiger partial charge < -0.3 is 9.64 Å². The van der Waals surface area contributed by atoms with Gasteiger partial charge in [-0.1, -0.05) is 5.21 Å². The van der Waals surface area contributed by atoms with Crippen molar-refractivity contribution in [3.05, 3.63) is 11.4 Å². The minimum Gasteiger partial charge on any atom is -0.444 e. The van der Waals surface area contributed by atoms with Gasteiger partial charge in [-0.2, -0.15) is 5.26 Å². The van der Waals surface area contributed by atoms with Gasteiger partial charge in [0.2, 0.25) is 0 Å². The van der Waals surface area contributed by atoms with Crippen molar-refractivity contribution < 1.29 is 9.53 Å². The summed E-state index contributed by atoms with van der Waals surface area (Å²) < 4.78 is 6.95. The monoisotopic (exact) mass is 249 g/mol. The minimum atomic E-state index is -0.523. The van der Waals surface area contributed by atoms with E-state index in [-0.39, 0.29) is 11.8 Å². The van der Waals surface area contributed by atoms with Gasteiger partial charge in [0.1, 0.15) is 11.7 Å². The first-order valence-corrected chi connectivity index (χ1v) is 5.71. The molecule has 1 aliphatic rings. The molecule has 0 aliphatic carbocycles. The quantitative estimate of drug-likeness (QED) is 0.682. The molecule has 0 bridgehead atoms. The topological polar surface area (TPSA) is 84.0 Å². The van der Waals surface area contributed by atoms with E-state index in [1.165, 1.54) is 0 Å². The molecule has 2 heterocycles. The molecule has 1 aliphatic heterocycles. The maximum atomic E-state index is 11.9. The van der Waals surface area contributed by atoms with Crippen LogP contribution in [0.3, 0.4) is 0 Å². The van der Waals surface area contributed by atoms with Gasteiger partial charge in [-0.05, 0) is 20.8 Å². The number of hydrogen-bond donors (Lipinski definition) is 0. The zero-order chi connectivity index (χ0) is 13.3. The summed E-state index contributed by atoms with van der Waals surface area (Å²) in [6.45, 7) is 6.81. The highest BCUT2D eigenvalue weighted by Gasteiger charge is 2.28. The van der Waals surface area contributed by atoms with Crippen LogP contribution in [0.4, 0.5) is 4.79 Å². The van der Waals surface area contributed by atoms with Crippen LogP contribution in [-0.4, -0.2) is 38.1 Å². The molecule has 0 saturated heterocycles. The number of fused-ring (bicyclic) bond motifs is 1. The molecule has 96 valence electrons. The van der Waals surface area contributed by atoms with Gasteiger partial charge in [-0.3, -0.25) is 0 Å². The molecular formula is C11H15N5O2. The number of hydrogen-bond acceptors (Lipinski definition) is 5. The third kappa shape index (κ3) is 2.42. The van der Waals surface area contributed by atoms with Crippen LogP contribution in [0.1, 0.15) is 32.2 Å². The lowest BCUT2D eigenvalue weighted by molar-refractivity contribution is 0.0194. The van der Waals surface area contributed by atoms with Gasteiger partial charge in [0.15, 0.2) is 5.69 Å². The third-order valence-electron chi connectivity index (χ3n) is 2.52. The Kier molecular flexibility index (Phi) is 2.95. The fourth-order valence-electron chi connectivity index (χ4n) is 1.71. The number of carbonyl (C=O) groups excluding carboxylic acids is 1. The van der Waals surface area contributed by atoms with Crippen LogP contribution >= 0.6 is 0 Å². The molecule has 0 radical (unpaired) electrons. The van der Waals surface area contributed by atoms with E-state index >= 15 is 0 Å². The lowest BCUT2D eigenvalue weighted by Crippen LogP contribution is -2.41. The number of aromatic nitrogens is 3. The Hall–Kier alpha value is -2.10. The standard InChI is InChI=1S/C11H15N5O2/c1-11(2,3)18-10(17)15-4-5-16-9(7-15)8(6-12)13-14-16/h4-5,7H2,1-3H3. The number of amides is 1. The molecule has 18 heavy (non-hydrogen) atoms. The lowest BCUT2D eigenvalue weighted by atomic mass is 10.2. The van der Waals surface area contributed by atoms with Crippen LogP contribution in [0.2, 0.25) is 0 Å². The van der Waals surface area contributed by atoms with E-state index in [0.29, 0.717) is 25.3 Å². The molecule has 0 aromatic carbocycles. The highest BCUT2D eigenvalue weighted by molar-refractivity contribution is 5.68. The number of ether oxygens (including phenoxy) is 1. The molecule has 0 spiro atoms. The molecule has 0 N–H and O–H groups in total. The van der Waals surface area contributed by atoms with Gasteiger partial charge in [0.05, 0.1) is 18.8 Å². The van der Waals surface area contributed by atoms with E-state index in [1.54, 1.807) is 9.58 Å². The van der Waals surface area contributed by atoms with Crippen molar-refractivity contribution in [2.45, 2.75) is 39.5 Å². The van der Waals surface area contributed by atoms with Crippen LogP contribution < -0.4 is 0 Å². The molecule has 0 fully saturated rings. The van der Waals surface area contributed by atoms with E-state index in [4.69, 9.17) is 10.00 Å². The summed E-state index contributed by atoms with van der Waals surface area (Å²) in [7, 11) is 0. The Bertz CT molecular complexity index is 508. The molecule has 2 rings (SSSR count). The van der Waals surface area contributed by atoms with Gasteiger partial charge in [-0.25, -0.2) is 9.48 Å². The minimum absolute atomic E-state index is 0.267. The van der Waals surface area contributed by atoms with E-state index in [9.17, 15) is 4.79 Å². The Morgan fingerprint density at radius 2 is 2.17 bits per heavy atom.